The molecule has 0 fully saturated rings. The quantitative estimate of drug-likeness (QED) is 0.793. The molecule has 1 aromatic rings. The van der Waals surface area contributed by atoms with E-state index in [2.05, 4.69) is 5.32 Å². The van der Waals surface area contributed by atoms with E-state index in [9.17, 15) is 14.4 Å². The van der Waals surface area contributed by atoms with Crippen LogP contribution in [-0.2, 0) is 19.1 Å². The first-order valence-corrected chi connectivity index (χ1v) is 8.76. The van der Waals surface area contributed by atoms with E-state index < -0.39 is 18.1 Å². The predicted molar refractivity (Wildman–Crippen MR) is 98.8 cm³/mol. The number of methoxy groups -OCH3 is 1. The molecule has 26 heavy (non-hydrogen) atoms. The number of hydrogen-bond donors (Lipinski definition) is 1. The Morgan fingerprint density at radius 3 is 2.54 bits per heavy atom. The van der Waals surface area contributed by atoms with Crippen molar-refractivity contribution < 1.29 is 19.1 Å². The lowest BCUT2D eigenvalue weighted by Crippen LogP contribution is -2.44. The van der Waals surface area contributed by atoms with Gasteiger partial charge in [0.2, 0.25) is 11.8 Å². The number of carbonyl (C=O) groups excluding carboxylic acids is 3. The Balaban J connectivity index is 2.18. The van der Waals surface area contributed by atoms with E-state index in [0.717, 1.165) is 11.1 Å². The van der Waals surface area contributed by atoms with Crippen molar-refractivity contribution in [1.29, 1.82) is 0 Å². The van der Waals surface area contributed by atoms with Crippen LogP contribution in [0.3, 0.4) is 0 Å². The number of ether oxygens (including phenoxy) is 1. The first-order chi connectivity index (χ1) is 12.3. The minimum absolute atomic E-state index is 0.0759. The third kappa shape index (κ3) is 4.71. The molecule has 1 heterocycles. The van der Waals surface area contributed by atoms with E-state index in [-0.39, 0.29) is 24.2 Å². The van der Waals surface area contributed by atoms with Gasteiger partial charge in [-0.1, -0.05) is 38.1 Å². The third-order valence-corrected chi connectivity index (χ3v) is 4.38. The maximum atomic E-state index is 12.6. The summed E-state index contributed by atoms with van der Waals surface area (Å²) >= 11 is 0. The van der Waals surface area contributed by atoms with Gasteiger partial charge in [0.15, 0.2) is 0 Å². The van der Waals surface area contributed by atoms with Crippen molar-refractivity contribution in [2.45, 2.75) is 45.7 Å². The number of rotatable bonds is 6. The lowest BCUT2D eigenvalue weighted by molar-refractivity contribution is -0.145. The summed E-state index contributed by atoms with van der Waals surface area (Å²) in [6.45, 7) is 5.42. The van der Waals surface area contributed by atoms with Crippen LogP contribution in [0.4, 0.5) is 0 Å². The van der Waals surface area contributed by atoms with E-state index in [1.807, 2.05) is 44.2 Å². The Hall–Kier alpha value is -2.63. The number of nitrogens with one attached hydrogen (secondary N) is 1. The second-order valence-corrected chi connectivity index (χ2v) is 6.86. The molecule has 1 aliphatic heterocycles. The summed E-state index contributed by atoms with van der Waals surface area (Å²) in [7, 11) is 1.31. The van der Waals surface area contributed by atoms with Crippen molar-refractivity contribution in [1.82, 2.24) is 10.2 Å². The van der Waals surface area contributed by atoms with E-state index >= 15 is 0 Å². The van der Waals surface area contributed by atoms with Gasteiger partial charge in [-0.3, -0.25) is 9.59 Å². The summed E-state index contributed by atoms with van der Waals surface area (Å²) in [5.41, 5.74) is 1.90. The number of nitrogens with zero attached hydrogens (tertiary/aromatic N) is 1. The smallest absolute Gasteiger partial charge is 0.328 e. The third-order valence-electron chi connectivity index (χ3n) is 4.38. The maximum Gasteiger partial charge on any atom is 0.328 e. The standard InChI is InChI=1S/C20H26N2O4/c1-13(2)11-17(20(25)26-4)21-19(24)12-18-16-8-6-5-7-15(16)9-10-22(18)14(3)23/h5-10,13,17-18H,11-12H2,1-4H3,(H,21,24). The summed E-state index contributed by atoms with van der Waals surface area (Å²) in [6, 6.07) is 6.58. The molecule has 0 saturated carbocycles. The van der Waals surface area contributed by atoms with Crippen molar-refractivity contribution in [2.75, 3.05) is 7.11 Å². The van der Waals surface area contributed by atoms with Gasteiger partial charge in [0, 0.05) is 13.1 Å². The Morgan fingerprint density at radius 1 is 1.23 bits per heavy atom. The van der Waals surface area contributed by atoms with Gasteiger partial charge in [-0.05, 0) is 29.5 Å². The van der Waals surface area contributed by atoms with Crippen molar-refractivity contribution in [3.63, 3.8) is 0 Å². The largest absolute Gasteiger partial charge is 0.467 e. The molecule has 0 radical (unpaired) electrons. The van der Waals surface area contributed by atoms with Gasteiger partial charge < -0.3 is 15.0 Å². The van der Waals surface area contributed by atoms with Crippen molar-refractivity contribution >= 4 is 23.9 Å². The van der Waals surface area contributed by atoms with Crippen LogP contribution in [0.1, 0.15) is 50.8 Å². The van der Waals surface area contributed by atoms with Gasteiger partial charge in [0.1, 0.15) is 6.04 Å². The van der Waals surface area contributed by atoms with Crippen LogP contribution < -0.4 is 5.32 Å². The van der Waals surface area contributed by atoms with E-state index in [0.29, 0.717) is 6.42 Å². The summed E-state index contributed by atoms with van der Waals surface area (Å²) in [5, 5.41) is 2.76. The highest BCUT2D eigenvalue weighted by Crippen LogP contribution is 2.32. The van der Waals surface area contributed by atoms with E-state index in [1.165, 1.54) is 14.0 Å². The van der Waals surface area contributed by atoms with Gasteiger partial charge in [0.05, 0.1) is 19.6 Å². The fourth-order valence-corrected chi connectivity index (χ4v) is 3.17. The van der Waals surface area contributed by atoms with Gasteiger partial charge in [-0.2, -0.15) is 0 Å². The number of fused-ring (bicyclic) bond motifs is 1. The normalized spacial score (nSPS) is 16.8. The summed E-state index contributed by atoms with van der Waals surface area (Å²) in [5.74, 6) is -0.659. The average Bonchev–Trinajstić information content (AvgIpc) is 2.60. The molecule has 1 aromatic carbocycles. The Bertz CT molecular complexity index is 712. The Labute approximate surface area is 154 Å². The van der Waals surface area contributed by atoms with E-state index in [4.69, 9.17) is 4.74 Å². The Morgan fingerprint density at radius 2 is 1.92 bits per heavy atom. The molecule has 0 aliphatic carbocycles. The zero-order valence-electron chi connectivity index (χ0n) is 15.7. The number of amides is 2. The molecule has 6 nitrogen and oxygen atoms in total. The van der Waals surface area contributed by atoms with Crippen LogP contribution in [0.5, 0.6) is 0 Å². The highest BCUT2D eigenvalue weighted by molar-refractivity contribution is 5.86. The highest BCUT2D eigenvalue weighted by atomic mass is 16.5. The minimum atomic E-state index is -0.687. The number of esters is 1. The van der Waals surface area contributed by atoms with Crippen LogP contribution in [0, 0.1) is 5.92 Å². The van der Waals surface area contributed by atoms with Crippen molar-refractivity contribution in [2.24, 2.45) is 5.92 Å². The Kier molecular flexibility index (Phi) is 6.55. The monoisotopic (exact) mass is 358 g/mol. The van der Waals surface area contributed by atoms with Crippen LogP contribution in [0.25, 0.3) is 6.08 Å². The van der Waals surface area contributed by atoms with Crippen LogP contribution in [-0.4, -0.2) is 35.8 Å². The number of carbonyl (C=O) groups is 3. The van der Waals surface area contributed by atoms with Crippen LogP contribution in [0.15, 0.2) is 30.5 Å². The first kappa shape index (κ1) is 19.7. The van der Waals surface area contributed by atoms with Gasteiger partial charge in [-0.15, -0.1) is 0 Å². The molecule has 0 spiro atoms. The lowest BCUT2D eigenvalue weighted by atomic mass is 9.93. The van der Waals surface area contributed by atoms with E-state index in [1.54, 1.807) is 11.1 Å². The summed E-state index contributed by atoms with van der Waals surface area (Å²) < 4.78 is 4.79. The molecule has 0 saturated heterocycles. The lowest BCUT2D eigenvalue weighted by Gasteiger charge is -2.32. The number of hydrogen-bond acceptors (Lipinski definition) is 4. The molecule has 1 aliphatic rings. The summed E-state index contributed by atoms with van der Waals surface area (Å²) in [4.78, 5) is 38.1. The molecular weight excluding hydrogens is 332 g/mol. The molecule has 2 unspecified atom stereocenters. The molecule has 0 aromatic heterocycles. The van der Waals surface area contributed by atoms with Gasteiger partial charge in [0.25, 0.3) is 0 Å². The SMILES string of the molecule is COC(=O)C(CC(C)C)NC(=O)CC1c2ccccc2C=CN1C(C)=O. The molecule has 0 bridgehead atoms. The molecular formula is C20H26N2O4. The van der Waals surface area contributed by atoms with Gasteiger partial charge in [-0.25, -0.2) is 4.79 Å². The first-order valence-electron chi connectivity index (χ1n) is 8.76. The second-order valence-electron chi connectivity index (χ2n) is 6.86. The fourth-order valence-electron chi connectivity index (χ4n) is 3.17. The van der Waals surface area contributed by atoms with Gasteiger partial charge >= 0.3 is 5.97 Å². The summed E-state index contributed by atoms with van der Waals surface area (Å²) in [6.07, 6.45) is 4.14. The van der Waals surface area contributed by atoms with Crippen molar-refractivity contribution in [3.8, 4) is 0 Å². The highest BCUT2D eigenvalue weighted by Gasteiger charge is 2.30. The predicted octanol–water partition coefficient (Wildman–Crippen LogP) is 2.65. The molecule has 140 valence electrons. The topological polar surface area (TPSA) is 75.7 Å². The molecule has 2 amide bonds. The molecule has 1 N–H and O–H groups in total. The zero-order valence-corrected chi connectivity index (χ0v) is 15.7. The van der Waals surface area contributed by atoms with Crippen molar-refractivity contribution in [3.05, 3.63) is 41.6 Å². The average molecular weight is 358 g/mol. The zero-order chi connectivity index (χ0) is 19.3. The molecule has 2 rings (SSSR count). The molecule has 6 heteroatoms. The van der Waals surface area contributed by atoms with Crippen LogP contribution in [0.2, 0.25) is 0 Å². The minimum Gasteiger partial charge on any atom is -0.467 e. The molecule has 2 atom stereocenters. The number of benzene rings is 1. The maximum absolute atomic E-state index is 12.6. The fraction of sp³-hybridized carbons (Fsp3) is 0.450. The van der Waals surface area contributed by atoms with Crippen LogP contribution >= 0.6 is 0 Å². The second kappa shape index (κ2) is 8.65.